The lowest BCUT2D eigenvalue weighted by Gasteiger charge is -1.99. The molecule has 0 radical (unpaired) electrons. The molecule has 0 bridgehead atoms. The highest BCUT2D eigenvalue weighted by atomic mass is 16.6. The lowest BCUT2D eigenvalue weighted by atomic mass is 10.2. The fourth-order valence-electron chi connectivity index (χ4n) is 1.72. The number of aromatic hydroxyl groups is 2. The Hall–Kier alpha value is -4.47. The average Bonchev–Trinajstić information content (AvgIpc) is 2.63. The number of non-ortho nitro benzene ring substituents is 2. The van der Waals surface area contributed by atoms with Gasteiger partial charge in [-0.25, -0.2) is 0 Å². The minimum absolute atomic E-state index is 0.266. The summed E-state index contributed by atoms with van der Waals surface area (Å²) in [6, 6.07) is 7.68. The van der Waals surface area contributed by atoms with Crippen molar-refractivity contribution in [1.29, 1.82) is 5.26 Å². The molecule has 0 heterocycles. The number of phenolic OH excluding ortho intramolecular Hbond substituents is 2. The van der Waals surface area contributed by atoms with E-state index in [0.717, 1.165) is 36.4 Å². The molecule has 0 aromatic heterocycles. The molecule has 0 saturated carbocycles. The number of nitriles is 1. The maximum absolute atomic E-state index is 10.7. The Bertz CT molecular complexity index is 924. The average molecular weight is 371 g/mol. The second-order valence-corrected chi connectivity index (χ2v) is 4.79. The van der Waals surface area contributed by atoms with Gasteiger partial charge in [-0.05, 0) is 12.1 Å². The first kappa shape index (κ1) is 18.9. The quantitative estimate of drug-likeness (QED) is 0.438. The Morgan fingerprint density at radius 3 is 1.63 bits per heavy atom. The molecule has 2 N–H and O–H groups in total. The summed E-state index contributed by atoms with van der Waals surface area (Å²) in [4.78, 5) is 20.0. The zero-order chi connectivity index (χ0) is 20.0. The van der Waals surface area contributed by atoms with Crippen LogP contribution >= 0.6 is 0 Å². The van der Waals surface area contributed by atoms with Crippen molar-refractivity contribution in [2.24, 2.45) is 20.5 Å². The van der Waals surface area contributed by atoms with Crippen molar-refractivity contribution in [1.82, 2.24) is 0 Å². The van der Waals surface area contributed by atoms with Crippen molar-refractivity contribution in [3.8, 4) is 17.6 Å². The largest absolute Gasteiger partial charge is 0.506 e. The zero-order valence-corrected chi connectivity index (χ0v) is 13.2. The first-order chi connectivity index (χ1) is 12.8. The van der Waals surface area contributed by atoms with Crippen LogP contribution in [0.5, 0.6) is 11.5 Å². The van der Waals surface area contributed by atoms with Crippen LogP contribution in [0, 0.1) is 31.6 Å². The van der Waals surface area contributed by atoms with Crippen LogP contribution in [-0.2, 0) is 0 Å². The van der Waals surface area contributed by atoms with E-state index in [1.54, 1.807) is 6.07 Å². The Balaban J connectivity index is 2.25. The molecule has 0 fully saturated rings. The zero-order valence-electron chi connectivity index (χ0n) is 13.2. The number of nitro benzene ring substituents is 2. The summed E-state index contributed by atoms with van der Waals surface area (Å²) in [5, 5.41) is 63.7. The van der Waals surface area contributed by atoms with Crippen LogP contribution in [0.1, 0.15) is 0 Å². The summed E-state index contributed by atoms with van der Waals surface area (Å²) in [5.41, 5.74) is -1.23. The SMILES string of the molecule is N#CC(N=Nc1cc([N+](=O)[O-])ccc1O)N=Nc1cc([N+](=O)[O-])ccc1O. The molecule has 0 aliphatic carbocycles. The number of hydrogen-bond donors (Lipinski definition) is 2. The summed E-state index contributed by atoms with van der Waals surface area (Å²) in [7, 11) is 0. The van der Waals surface area contributed by atoms with Crippen molar-refractivity contribution >= 4 is 22.7 Å². The van der Waals surface area contributed by atoms with E-state index in [0.29, 0.717) is 0 Å². The van der Waals surface area contributed by atoms with Crippen molar-refractivity contribution in [2.45, 2.75) is 6.17 Å². The van der Waals surface area contributed by atoms with E-state index in [-0.39, 0.29) is 22.7 Å². The summed E-state index contributed by atoms with van der Waals surface area (Å²) in [6.07, 6.45) is -1.53. The van der Waals surface area contributed by atoms with Crippen LogP contribution in [-0.4, -0.2) is 26.2 Å². The molecule has 2 aromatic rings. The topological polar surface area (TPSA) is 200 Å². The van der Waals surface area contributed by atoms with Crippen LogP contribution in [0.4, 0.5) is 22.7 Å². The third-order valence-corrected chi connectivity index (χ3v) is 3.00. The van der Waals surface area contributed by atoms with E-state index < -0.39 is 27.5 Å². The van der Waals surface area contributed by atoms with Gasteiger partial charge in [-0.3, -0.25) is 20.2 Å². The van der Waals surface area contributed by atoms with Crippen LogP contribution in [0.3, 0.4) is 0 Å². The number of rotatable bonds is 6. The van der Waals surface area contributed by atoms with Crippen molar-refractivity contribution in [3.63, 3.8) is 0 Å². The number of benzene rings is 2. The fraction of sp³-hybridized carbons (Fsp3) is 0.0714. The molecule has 0 amide bonds. The summed E-state index contributed by atoms with van der Waals surface area (Å²) in [5.74, 6) is -0.816. The van der Waals surface area contributed by atoms with Crippen molar-refractivity contribution < 1.29 is 20.1 Å². The van der Waals surface area contributed by atoms with Gasteiger partial charge in [-0.15, -0.1) is 20.5 Å². The maximum Gasteiger partial charge on any atom is 0.271 e. The lowest BCUT2D eigenvalue weighted by molar-refractivity contribution is -0.385. The minimum atomic E-state index is -1.53. The van der Waals surface area contributed by atoms with E-state index in [4.69, 9.17) is 5.26 Å². The molecule has 0 spiro atoms. The highest BCUT2D eigenvalue weighted by Gasteiger charge is 2.12. The molecule has 0 aliphatic heterocycles. The van der Waals surface area contributed by atoms with Crippen molar-refractivity contribution in [3.05, 3.63) is 56.6 Å². The van der Waals surface area contributed by atoms with Gasteiger partial charge >= 0.3 is 0 Å². The smallest absolute Gasteiger partial charge is 0.271 e. The van der Waals surface area contributed by atoms with E-state index in [1.165, 1.54) is 0 Å². The molecular formula is C14H9N7O6. The molecule has 2 aromatic carbocycles. The van der Waals surface area contributed by atoms with Gasteiger partial charge in [0.1, 0.15) is 28.9 Å². The molecule has 2 rings (SSSR count). The summed E-state index contributed by atoms with van der Waals surface area (Å²) < 4.78 is 0. The first-order valence-corrected chi connectivity index (χ1v) is 6.98. The maximum atomic E-state index is 10.7. The third-order valence-electron chi connectivity index (χ3n) is 3.00. The molecule has 0 unspecified atom stereocenters. The Kier molecular flexibility index (Phi) is 5.64. The highest BCUT2D eigenvalue weighted by Crippen LogP contribution is 2.32. The third kappa shape index (κ3) is 4.76. The van der Waals surface area contributed by atoms with Crippen LogP contribution in [0.2, 0.25) is 0 Å². The van der Waals surface area contributed by atoms with Gasteiger partial charge < -0.3 is 10.2 Å². The Morgan fingerprint density at radius 1 is 0.889 bits per heavy atom. The predicted molar refractivity (Wildman–Crippen MR) is 88.0 cm³/mol. The first-order valence-electron chi connectivity index (χ1n) is 6.98. The highest BCUT2D eigenvalue weighted by molar-refractivity contribution is 5.57. The van der Waals surface area contributed by atoms with Crippen LogP contribution in [0.15, 0.2) is 56.9 Å². The molecule has 13 heteroatoms. The van der Waals surface area contributed by atoms with E-state index in [1.807, 2.05) is 0 Å². The number of hydrogen-bond acceptors (Lipinski definition) is 11. The van der Waals surface area contributed by atoms with Crippen molar-refractivity contribution in [2.75, 3.05) is 0 Å². The molecule has 0 aliphatic rings. The standard InChI is InChI=1S/C14H9N7O6/c15-7-14(18-16-10-5-8(20(24)25)1-3-12(10)22)19-17-11-6-9(21(26)27)2-4-13(11)23/h1-6,14,22-23H. The molecular weight excluding hydrogens is 362 g/mol. The van der Waals surface area contributed by atoms with Gasteiger partial charge in [-0.2, -0.15) is 5.26 Å². The molecule has 27 heavy (non-hydrogen) atoms. The van der Waals surface area contributed by atoms with E-state index in [2.05, 4.69) is 20.5 Å². The molecule has 13 nitrogen and oxygen atoms in total. The normalized spacial score (nSPS) is 12.1. The Labute approximate surface area is 149 Å². The number of nitrogens with zero attached hydrogens (tertiary/aromatic N) is 7. The number of azo groups is 2. The van der Waals surface area contributed by atoms with Gasteiger partial charge in [0.05, 0.1) is 9.85 Å². The second-order valence-electron chi connectivity index (χ2n) is 4.79. The van der Waals surface area contributed by atoms with Gasteiger partial charge in [-0.1, -0.05) is 0 Å². The fourth-order valence-corrected chi connectivity index (χ4v) is 1.72. The lowest BCUT2D eigenvalue weighted by Crippen LogP contribution is -1.93. The summed E-state index contributed by atoms with van der Waals surface area (Å²) in [6.45, 7) is 0. The van der Waals surface area contributed by atoms with E-state index in [9.17, 15) is 30.4 Å². The molecule has 0 saturated heterocycles. The van der Waals surface area contributed by atoms with Gasteiger partial charge in [0.25, 0.3) is 17.5 Å². The second kappa shape index (κ2) is 8.07. The molecule has 0 atom stereocenters. The number of phenols is 2. The van der Waals surface area contributed by atoms with Crippen LogP contribution < -0.4 is 0 Å². The predicted octanol–water partition coefficient (Wildman–Crippen LogP) is 3.63. The molecule has 136 valence electrons. The van der Waals surface area contributed by atoms with E-state index >= 15 is 0 Å². The minimum Gasteiger partial charge on any atom is -0.506 e. The van der Waals surface area contributed by atoms with Gasteiger partial charge in [0.2, 0.25) is 0 Å². The number of nitro groups is 2. The van der Waals surface area contributed by atoms with Gasteiger partial charge in [0.15, 0.2) is 0 Å². The Morgan fingerprint density at radius 2 is 1.30 bits per heavy atom. The van der Waals surface area contributed by atoms with Crippen LogP contribution in [0.25, 0.3) is 0 Å². The van der Waals surface area contributed by atoms with Gasteiger partial charge in [0, 0.05) is 24.3 Å². The monoisotopic (exact) mass is 371 g/mol. The summed E-state index contributed by atoms with van der Waals surface area (Å²) >= 11 is 0.